The quantitative estimate of drug-likeness (QED) is 0.925. The summed E-state index contributed by atoms with van der Waals surface area (Å²) in [6, 6.07) is 0.135. The van der Waals surface area contributed by atoms with Gasteiger partial charge in [-0.05, 0) is 13.3 Å². The van der Waals surface area contributed by atoms with E-state index in [0.717, 1.165) is 30.4 Å². The molecule has 8 heteroatoms. The number of hydrogen-bond acceptors (Lipinski definition) is 5. The van der Waals surface area contributed by atoms with Crippen LogP contribution in [0.1, 0.15) is 29.9 Å². The van der Waals surface area contributed by atoms with Gasteiger partial charge >= 0.3 is 0 Å². The molecule has 0 bridgehead atoms. The van der Waals surface area contributed by atoms with Crippen molar-refractivity contribution in [2.75, 3.05) is 13.7 Å². The van der Waals surface area contributed by atoms with Gasteiger partial charge in [-0.15, -0.1) is 0 Å². The summed E-state index contributed by atoms with van der Waals surface area (Å²) in [5.41, 5.74) is 0. The molecule has 2 aromatic heterocycles. The van der Waals surface area contributed by atoms with Gasteiger partial charge in [-0.3, -0.25) is 10.00 Å². The van der Waals surface area contributed by atoms with Crippen molar-refractivity contribution in [2.24, 2.45) is 7.05 Å². The van der Waals surface area contributed by atoms with Crippen LogP contribution in [0.2, 0.25) is 5.15 Å². The van der Waals surface area contributed by atoms with E-state index in [9.17, 15) is 0 Å². The zero-order valence-electron chi connectivity index (χ0n) is 12.4. The molecular weight excluding hydrogens is 292 g/mol. The Labute approximate surface area is 128 Å². The number of rotatable bonds is 4. The topological polar surface area (TPSA) is 71.9 Å². The predicted molar refractivity (Wildman–Crippen MR) is 77.9 cm³/mol. The molecule has 7 nitrogen and oxygen atoms in total. The van der Waals surface area contributed by atoms with Crippen LogP contribution >= 0.6 is 11.6 Å². The molecule has 0 aliphatic carbocycles. The van der Waals surface area contributed by atoms with Gasteiger partial charge in [-0.25, -0.2) is 9.97 Å². The third-order valence-corrected chi connectivity index (χ3v) is 4.33. The molecule has 1 fully saturated rings. The maximum absolute atomic E-state index is 6.06. The summed E-state index contributed by atoms with van der Waals surface area (Å²) in [4.78, 5) is 11.1. The summed E-state index contributed by atoms with van der Waals surface area (Å²) in [6.07, 6.45) is 2.74. The van der Waals surface area contributed by atoms with E-state index in [1.54, 1.807) is 13.3 Å². The molecule has 0 radical (unpaired) electrons. The van der Waals surface area contributed by atoms with E-state index in [2.05, 4.69) is 25.1 Å². The number of ether oxygens (including phenoxy) is 1. The fraction of sp³-hybridized carbons (Fsp3) is 0.615. The van der Waals surface area contributed by atoms with Crippen LogP contribution in [0.25, 0.3) is 0 Å². The molecule has 1 aliphatic heterocycles. The lowest BCUT2D eigenvalue weighted by molar-refractivity contribution is 0.106. The molecule has 1 N–H and O–H groups in total. The van der Waals surface area contributed by atoms with Crippen molar-refractivity contribution in [2.45, 2.75) is 32.0 Å². The number of aromatic nitrogens is 5. The smallest absolute Gasteiger partial charge is 0.167 e. The van der Waals surface area contributed by atoms with Crippen LogP contribution < -0.4 is 0 Å². The maximum Gasteiger partial charge on any atom is 0.167 e. The van der Waals surface area contributed by atoms with Gasteiger partial charge in [-0.2, -0.15) is 5.10 Å². The fourth-order valence-electron chi connectivity index (χ4n) is 2.74. The molecule has 0 saturated carbocycles. The standard InChI is InChI=1S/C13H19ClN6O/c1-8-16-13(18-17-8)10-4-9(21-3)6-20(10)7-12-15-5-11(14)19(12)2/h5,9-10H,4,6-7H2,1-3H3,(H,16,17,18)/t9-,10+/m1/s1. The number of halogens is 1. The number of methoxy groups -OCH3 is 1. The summed E-state index contributed by atoms with van der Waals surface area (Å²) >= 11 is 6.06. The summed E-state index contributed by atoms with van der Waals surface area (Å²) in [5, 5.41) is 7.84. The molecule has 21 heavy (non-hydrogen) atoms. The normalized spacial score (nSPS) is 23.0. The first kappa shape index (κ1) is 14.5. The molecule has 0 amide bonds. The number of aryl methyl sites for hydroxylation is 1. The van der Waals surface area contributed by atoms with Crippen LogP contribution in [0.15, 0.2) is 6.20 Å². The Morgan fingerprint density at radius 3 is 2.90 bits per heavy atom. The van der Waals surface area contributed by atoms with Crippen LogP contribution in [-0.2, 0) is 18.3 Å². The Bertz CT molecular complexity index is 624. The maximum atomic E-state index is 6.06. The van der Waals surface area contributed by atoms with Gasteiger partial charge in [-0.1, -0.05) is 11.6 Å². The zero-order valence-corrected chi connectivity index (χ0v) is 13.1. The summed E-state index contributed by atoms with van der Waals surface area (Å²) in [5.74, 6) is 2.56. The van der Waals surface area contributed by atoms with Crippen molar-refractivity contribution >= 4 is 11.6 Å². The van der Waals surface area contributed by atoms with Crippen LogP contribution in [0, 0.1) is 6.92 Å². The Balaban J connectivity index is 1.82. The number of H-pyrrole nitrogens is 1. The molecule has 3 heterocycles. The van der Waals surface area contributed by atoms with Crippen LogP contribution in [0.3, 0.4) is 0 Å². The second kappa shape index (κ2) is 5.75. The summed E-state index contributed by atoms with van der Waals surface area (Å²) in [6.45, 7) is 3.43. The average molecular weight is 311 g/mol. The predicted octanol–water partition coefficient (Wildman–Crippen LogP) is 1.46. The molecule has 2 atom stereocenters. The molecule has 0 spiro atoms. The van der Waals surface area contributed by atoms with Crippen molar-refractivity contribution in [3.63, 3.8) is 0 Å². The summed E-state index contributed by atoms with van der Waals surface area (Å²) < 4.78 is 7.40. The van der Waals surface area contributed by atoms with Gasteiger partial charge < -0.3 is 9.30 Å². The largest absolute Gasteiger partial charge is 0.380 e. The highest BCUT2D eigenvalue weighted by Crippen LogP contribution is 2.32. The Morgan fingerprint density at radius 1 is 1.52 bits per heavy atom. The third-order valence-electron chi connectivity index (χ3n) is 3.98. The number of likely N-dealkylation sites (tertiary alicyclic amines) is 1. The first-order chi connectivity index (χ1) is 10.1. The molecule has 1 aliphatic rings. The van der Waals surface area contributed by atoms with Crippen molar-refractivity contribution in [3.05, 3.63) is 28.8 Å². The van der Waals surface area contributed by atoms with Gasteiger partial charge in [0.05, 0.1) is 24.9 Å². The van der Waals surface area contributed by atoms with Crippen molar-refractivity contribution in [1.29, 1.82) is 0 Å². The second-order valence-corrected chi connectivity index (χ2v) is 5.76. The molecule has 114 valence electrons. The number of imidazole rings is 1. The Hall–Kier alpha value is -1.44. The van der Waals surface area contributed by atoms with Crippen LogP contribution in [0.5, 0.6) is 0 Å². The minimum Gasteiger partial charge on any atom is -0.380 e. The molecule has 0 unspecified atom stereocenters. The lowest BCUT2D eigenvalue weighted by Crippen LogP contribution is -2.26. The van der Waals surface area contributed by atoms with E-state index >= 15 is 0 Å². The van der Waals surface area contributed by atoms with Crippen molar-refractivity contribution < 1.29 is 4.74 Å². The highest BCUT2D eigenvalue weighted by molar-refractivity contribution is 6.29. The highest BCUT2D eigenvalue weighted by Gasteiger charge is 2.36. The molecule has 2 aromatic rings. The van der Waals surface area contributed by atoms with Crippen molar-refractivity contribution in [1.82, 2.24) is 29.6 Å². The van der Waals surface area contributed by atoms with E-state index in [1.165, 1.54) is 0 Å². The number of aromatic amines is 1. The minimum absolute atomic E-state index is 0.135. The van der Waals surface area contributed by atoms with Gasteiger partial charge in [0.2, 0.25) is 0 Å². The lowest BCUT2D eigenvalue weighted by Gasteiger charge is -2.21. The van der Waals surface area contributed by atoms with Crippen molar-refractivity contribution in [3.8, 4) is 0 Å². The SMILES string of the molecule is CO[C@@H]1C[C@@H](c2n[nH]c(C)n2)N(Cc2ncc(Cl)n2C)C1. The van der Waals surface area contributed by atoms with E-state index in [-0.39, 0.29) is 12.1 Å². The highest BCUT2D eigenvalue weighted by atomic mass is 35.5. The summed E-state index contributed by atoms with van der Waals surface area (Å²) in [7, 11) is 3.66. The van der Waals surface area contributed by atoms with Gasteiger partial charge in [0.25, 0.3) is 0 Å². The molecule has 3 rings (SSSR count). The fourth-order valence-corrected chi connectivity index (χ4v) is 2.88. The van der Waals surface area contributed by atoms with Gasteiger partial charge in [0.15, 0.2) is 5.82 Å². The molecular formula is C13H19ClN6O. The van der Waals surface area contributed by atoms with Gasteiger partial charge in [0, 0.05) is 20.7 Å². The molecule has 0 aromatic carbocycles. The van der Waals surface area contributed by atoms with E-state index < -0.39 is 0 Å². The van der Waals surface area contributed by atoms with E-state index in [1.807, 2.05) is 18.5 Å². The zero-order chi connectivity index (χ0) is 15.0. The van der Waals surface area contributed by atoms with E-state index in [0.29, 0.717) is 11.7 Å². The minimum atomic E-state index is 0.135. The monoisotopic (exact) mass is 310 g/mol. The second-order valence-electron chi connectivity index (χ2n) is 5.37. The Morgan fingerprint density at radius 2 is 2.33 bits per heavy atom. The first-order valence-electron chi connectivity index (χ1n) is 6.90. The average Bonchev–Trinajstić information content (AvgIpc) is 3.14. The number of hydrogen-bond donors (Lipinski definition) is 1. The third kappa shape index (κ3) is 2.81. The van der Waals surface area contributed by atoms with Gasteiger partial charge in [0.1, 0.15) is 16.8 Å². The first-order valence-corrected chi connectivity index (χ1v) is 7.28. The number of nitrogens with zero attached hydrogens (tertiary/aromatic N) is 5. The van der Waals surface area contributed by atoms with Crippen LogP contribution in [-0.4, -0.2) is 49.4 Å². The Kier molecular flexibility index (Phi) is 3.97. The molecule has 1 saturated heterocycles. The van der Waals surface area contributed by atoms with Crippen LogP contribution in [0.4, 0.5) is 0 Å². The number of nitrogens with one attached hydrogen (secondary N) is 1. The lowest BCUT2D eigenvalue weighted by atomic mass is 10.2. The van der Waals surface area contributed by atoms with E-state index in [4.69, 9.17) is 16.3 Å².